The molecular weight excluding hydrogens is 859 g/mol. The number of aromatic hydroxyl groups is 2. The van der Waals surface area contributed by atoms with Crippen molar-refractivity contribution >= 4 is 27.8 Å². The Kier molecular flexibility index (Phi) is 9.61. The lowest BCUT2D eigenvalue weighted by Gasteiger charge is -2.17. The van der Waals surface area contributed by atoms with E-state index >= 15 is 0 Å². The summed E-state index contributed by atoms with van der Waals surface area (Å²) in [5.74, 6) is 0.747. The number of nitriles is 2. The maximum atomic E-state index is 11.6. The van der Waals surface area contributed by atoms with Crippen molar-refractivity contribution in [3.8, 4) is 91.3 Å². The van der Waals surface area contributed by atoms with Crippen LogP contribution in [0, 0.1) is 46.6 Å². The van der Waals surface area contributed by atoms with Gasteiger partial charge in [0.05, 0.1) is 66.5 Å². The quantitative estimate of drug-likeness (QED) is 0.108. The van der Waals surface area contributed by atoms with Crippen LogP contribution in [0.25, 0.3) is 78.2 Å². The standard InChI is InChI=1S/C53H33N9O6/c1-29-45-48(37-16-8-11-19-42(37)64)39(28-55)50(57-51(45)60(58-29)33-12-4-3-5-13-33)32-22-25-43-44(26-32)68-53(67-43)35-14-6-9-17-40(35)61-52-46(30(2)59-61)47(36-15-7-10-18-41(36)63)38(27-54)49(56-52)31-20-23-34(24-21-31)62(65)66/h3-26,53,63-64H,1-2H3. The van der Waals surface area contributed by atoms with E-state index in [4.69, 9.17) is 29.6 Å². The van der Waals surface area contributed by atoms with Crippen LogP contribution in [0.2, 0.25) is 0 Å². The van der Waals surface area contributed by atoms with Crippen molar-refractivity contribution in [3.63, 3.8) is 0 Å². The largest absolute Gasteiger partial charge is 0.507 e. The number of pyridine rings is 2. The molecule has 5 heterocycles. The average Bonchev–Trinajstić information content (AvgIpc) is 4.05. The number of para-hydroxylation sites is 4. The van der Waals surface area contributed by atoms with Crippen LogP contribution in [0.3, 0.4) is 0 Å². The Morgan fingerprint density at radius 2 is 1.13 bits per heavy atom. The molecule has 0 radical (unpaired) electrons. The summed E-state index contributed by atoms with van der Waals surface area (Å²) in [7, 11) is 0. The van der Waals surface area contributed by atoms with Crippen molar-refractivity contribution < 1.29 is 24.6 Å². The number of nitro groups is 1. The van der Waals surface area contributed by atoms with E-state index in [0.717, 1.165) is 5.69 Å². The van der Waals surface area contributed by atoms with Crippen LogP contribution < -0.4 is 9.47 Å². The molecule has 0 fully saturated rings. The number of aromatic nitrogens is 6. The van der Waals surface area contributed by atoms with Gasteiger partial charge in [0.1, 0.15) is 23.6 Å². The number of hydrogen-bond donors (Lipinski definition) is 2. The van der Waals surface area contributed by atoms with Crippen LogP contribution in [0.15, 0.2) is 146 Å². The fraction of sp³-hybridized carbons (Fsp3) is 0.0566. The van der Waals surface area contributed by atoms with Crippen molar-refractivity contribution in [2.45, 2.75) is 20.1 Å². The molecule has 68 heavy (non-hydrogen) atoms. The molecule has 6 aromatic carbocycles. The third kappa shape index (κ3) is 6.49. The molecule has 4 aromatic heterocycles. The number of rotatable bonds is 8. The number of fused-ring (bicyclic) bond motifs is 3. The molecular formula is C53H33N9O6. The Morgan fingerprint density at radius 3 is 1.74 bits per heavy atom. The van der Waals surface area contributed by atoms with Gasteiger partial charge in [0.15, 0.2) is 22.8 Å². The number of nitro benzene ring substituents is 1. The predicted octanol–water partition coefficient (Wildman–Crippen LogP) is 11.0. The monoisotopic (exact) mass is 891 g/mol. The number of nitrogens with zero attached hydrogens (tertiary/aromatic N) is 9. The number of aryl methyl sites for hydroxylation is 2. The van der Waals surface area contributed by atoms with E-state index < -0.39 is 11.2 Å². The van der Waals surface area contributed by atoms with E-state index in [2.05, 4.69) is 12.1 Å². The molecule has 10 aromatic rings. The summed E-state index contributed by atoms with van der Waals surface area (Å²) < 4.78 is 16.5. The zero-order chi connectivity index (χ0) is 46.8. The highest BCUT2D eigenvalue weighted by Crippen LogP contribution is 2.48. The second kappa shape index (κ2) is 16.0. The van der Waals surface area contributed by atoms with Gasteiger partial charge in [-0.2, -0.15) is 20.7 Å². The molecule has 0 saturated heterocycles. The van der Waals surface area contributed by atoms with Gasteiger partial charge >= 0.3 is 0 Å². The van der Waals surface area contributed by atoms with E-state index in [1.54, 1.807) is 77.0 Å². The molecule has 15 nitrogen and oxygen atoms in total. The van der Waals surface area contributed by atoms with Gasteiger partial charge in [0.2, 0.25) is 0 Å². The number of phenolic OH excluding ortho intramolecular Hbond substituents is 2. The van der Waals surface area contributed by atoms with Gasteiger partial charge in [0, 0.05) is 45.5 Å². The smallest absolute Gasteiger partial charge is 0.270 e. The van der Waals surface area contributed by atoms with E-state index in [-0.39, 0.29) is 34.0 Å². The fourth-order valence-corrected chi connectivity index (χ4v) is 8.94. The number of ether oxygens (including phenoxy) is 2. The van der Waals surface area contributed by atoms with Gasteiger partial charge < -0.3 is 19.7 Å². The highest BCUT2D eigenvalue weighted by Gasteiger charge is 2.33. The van der Waals surface area contributed by atoms with Crippen LogP contribution in [-0.4, -0.2) is 44.7 Å². The summed E-state index contributed by atoms with van der Waals surface area (Å²) in [6, 6.07) is 46.2. The first-order valence-corrected chi connectivity index (χ1v) is 21.2. The van der Waals surface area contributed by atoms with Gasteiger partial charge in [0.25, 0.3) is 12.0 Å². The van der Waals surface area contributed by atoms with Gasteiger partial charge in [-0.25, -0.2) is 19.3 Å². The lowest BCUT2D eigenvalue weighted by molar-refractivity contribution is -0.384. The zero-order valence-corrected chi connectivity index (χ0v) is 36.0. The maximum Gasteiger partial charge on any atom is 0.270 e. The van der Waals surface area contributed by atoms with Crippen LogP contribution >= 0.6 is 0 Å². The average molecular weight is 892 g/mol. The molecule has 1 aliphatic heterocycles. The molecule has 326 valence electrons. The highest BCUT2D eigenvalue weighted by atomic mass is 16.7. The Bertz CT molecular complexity index is 3810. The molecule has 2 N–H and O–H groups in total. The lowest BCUT2D eigenvalue weighted by Crippen LogP contribution is -2.13. The molecule has 0 spiro atoms. The zero-order valence-electron chi connectivity index (χ0n) is 36.0. The SMILES string of the molecule is Cc1nn(-c2ccccc2)c2nc(-c3ccc4c(c3)OC(c3ccccc3-n3nc(C)c5c(-c6ccccc6O)c(C#N)c(-c6ccc([N+](=O)[O-])cc6)nc53)O4)c(C#N)c(-c3ccccc3O)c12. The molecule has 0 aliphatic carbocycles. The van der Waals surface area contributed by atoms with Crippen LogP contribution in [-0.2, 0) is 0 Å². The second-order valence-corrected chi connectivity index (χ2v) is 16.0. The minimum Gasteiger partial charge on any atom is -0.507 e. The van der Waals surface area contributed by atoms with Crippen molar-refractivity contribution in [1.82, 2.24) is 29.5 Å². The molecule has 11 rings (SSSR count). The summed E-state index contributed by atoms with van der Waals surface area (Å²) in [4.78, 5) is 21.2. The normalized spacial score (nSPS) is 12.9. The third-order valence-electron chi connectivity index (χ3n) is 12.0. The third-order valence-corrected chi connectivity index (χ3v) is 12.0. The molecule has 0 amide bonds. The summed E-state index contributed by atoms with van der Waals surface area (Å²) >= 11 is 0. The number of phenols is 2. The molecule has 0 bridgehead atoms. The first-order chi connectivity index (χ1) is 33.1. The van der Waals surface area contributed by atoms with Crippen LogP contribution in [0.4, 0.5) is 5.69 Å². The van der Waals surface area contributed by atoms with Crippen LogP contribution in [0.5, 0.6) is 23.0 Å². The van der Waals surface area contributed by atoms with Crippen molar-refractivity contribution in [3.05, 3.63) is 184 Å². The van der Waals surface area contributed by atoms with E-state index in [0.29, 0.717) is 95.3 Å². The second-order valence-electron chi connectivity index (χ2n) is 16.0. The van der Waals surface area contributed by atoms with E-state index in [1.165, 1.54) is 30.3 Å². The molecule has 15 heteroatoms. The first kappa shape index (κ1) is 40.9. The Morgan fingerprint density at radius 1 is 0.618 bits per heavy atom. The van der Waals surface area contributed by atoms with Gasteiger partial charge in [-0.3, -0.25) is 10.1 Å². The summed E-state index contributed by atoms with van der Waals surface area (Å²) in [5, 5.41) is 66.6. The topological polar surface area (TPSA) is 211 Å². The summed E-state index contributed by atoms with van der Waals surface area (Å²) in [6.07, 6.45) is -0.994. The Balaban J connectivity index is 1.05. The maximum absolute atomic E-state index is 11.6. The van der Waals surface area contributed by atoms with Gasteiger partial charge in [-0.1, -0.05) is 66.7 Å². The highest BCUT2D eigenvalue weighted by molar-refractivity contribution is 6.04. The minimum absolute atomic E-state index is 0.000582. The lowest BCUT2D eigenvalue weighted by atomic mass is 9.92. The number of hydrogen-bond acceptors (Lipinski definition) is 12. The molecule has 1 atom stereocenters. The summed E-state index contributed by atoms with van der Waals surface area (Å²) in [6.45, 7) is 3.64. The van der Waals surface area contributed by atoms with Crippen molar-refractivity contribution in [2.75, 3.05) is 0 Å². The van der Waals surface area contributed by atoms with Gasteiger partial charge in [-0.05, 0) is 80.6 Å². The molecule has 0 saturated carbocycles. The Labute approximate surface area is 386 Å². The molecule has 1 unspecified atom stereocenters. The van der Waals surface area contributed by atoms with Crippen molar-refractivity contribution in [1.29, 1.82) is 10.5 Å². The van der Waals surface area contributed by atoms with E-state index in [9.17, 15) is 30.9 Å². The van der Waals surface area contributed by atoms with Gasteiger partial charge in [-0.15, -0.1) is 0 Å². The van der Waals surface area contributed by atoms with Crippen molar-refractivity contribution in [2.24, 2.45) is 0 Å². The molecule has 1 aliphatic rings. The first-order valence-electron chi connectivity index (χ1n) is 21.2. The number of benzene rings is 6. The minimum atomic E-state index is -0.994. The predicted molar refractivity (Wildman–Crippen MR) is 252 cm³/mol. The van der Waals surface area contributed by atoms with E-state index in [1.807, 2.05) is 61.5 Å². The fourth-order valence-electron chi connectivity index (χ4n) is 8.94. The van der Waals surface area contributed by atoms with Crippen LogP contribution in [0.1, 0.15) is 34.4 Å². The number of non-ortho nitro benzene ring substituents is 1. The summed E-state index contributed by atoms with van der Waals surface area (Å²) in [5.41, 5.74) is 7.41. The Hall–Kier alpha value is -9.86.